The van der Waals surface area contributed by atoms with Gasteiger partial charge in [-0.15, -0.1) is 0 Å². The first-order chi connectivity index (χ1) is 6.13. The van der Waals surface area contributed by atoms with Crippen LogP contribution in [0.3, 0.4) is 0 Å². The van der Waals surface area contributed by atoms with Gasteiger partial charge in [0.15, 0.2) is 0 Å². The summed E-state index contributed by atoms with van der Waals surface area (Å²) in [7, 11) is 3.79. The Kier molecular flexibility index (Phi) is 3.69. The number of hydroxylamine groups is 2. The van der Waals surface area contributed by atoms with Gasteiger partial charge < -0.3 is 0 Å². The smallest absolute Gasteiger partial charge is 0.263 e. The van der Waals surface area contributed by atoms with Gasteiger partial charge in [-0.25, -0.2) is 5.06 Å². The maximum atomic E-state index is 11.7. The van der Waals surface area contributed by atoms with E-state index in [0.717, 1.165) is 19.4 Å². The standard InChI is InChI=1S/C9H18N2O2/c1-8(10(2)3)9(12)11-6-4-5-7-13-11/h8H,4-7H2,1-3H3/t8-/m0/s1. The van der Waals surface area contributed by atoms with Crippen LogP contribution >= 0.6 is 0 Å². The number of carbonyl (C=O) groups excluding carboxylic acids is 1. The zero-order chi connectivity index (χ0) is 9.84. The van der Waals surface area contributed by atoms with E-state index >= 15 is 0 Å². The molecule has 0 radical (unpaired) electrons. The Morgan fingerprint density at radius 1 is 1.46 bits per heavy atom. The summed E-state index contributed by atoms with van der Waals surface area (Å²) in [5, 5.41) is 1.49. The van der Waals surface area contributed by atoms with Gasteiger partial charge in [-0.1, -0.05) is 0 Å². The third-order valence-electron chi connectivity index (χ3n) is 2.38. The Morgan fingerprint density at radius 2 is 2.15 bits per heavy atom. The van der Waals surface area contributed by atoms with Crippen molar-refractivity contribution in [1.29, 1.82) is 0 Å². The van der Waals surface area contributed by atoms with Gasteiger partial charge in [0.25, 0.3) is 5.91 Å². The minimum absolute atomic E-state index is 0.0599. The highest BCUT2D eigenvalue weighted by molar-refractivity contribution is 5.80. The zero-order valence-corrected chi connectivity index (χ0v) is 8.62. The normalized spacial score (nSPS) is 20.5. The highest BCUT2D eigenvalue weighted by Crippen LogP contribution is 2.08. The number of rotatable bonds is 2. The van der Waals surface area contributed by atoms with Crippen LogP contribution < -0.4 is 0 Å². The average Bonchev–Trinajstić information content (AvgIpc) is 2.17. The molecular weight excluding hydrogens is 168 g/mol. The number of carbonyl (C=O) groups is 1. The summed E-state index contributed by atoms with van der Waals surface area (Å²) in [6.07, 6.45) is 2.10. The molecule has 1 amide bonds. The van der Waals surface area contributed by atoms with E-state index in [0.29, 0.717) is 6.61 Å². The Bertz CT molecular complexity index is 176. The van der Waals surface area contributed by atoms with Gasteiger partial charge in [0.1, 0.15) is 0 Å². The van der Waals surface area contributed by atoms with Crippen LogP contribution in [-0.2, 0) is 9.63 Å². The molecule has 13 heavy (non-hydrogen) atoms. The molecule has 76 valence electrons. The number of hydrogen-bond donors (Lipinski definition) is 0. The second-order valence-electron chi connectivity index (χ2n) is 3.62. The molecule has 0 bridgehead atoms. The molecule has 0 spiro atoms. The summed E-state index contributed by atoms with van der Waals surface area (Å²) in [6.45, 7) is 3.29. The lowest BCUT2D eigenvalue weighted by molar-refractivity contribution is -0.200. The van der Waals surface area contributed by atoms with E-state index in [1.54, 1.807) is 0 Å². The number of nitrogens with zero attached hydrogens (tertiary/aromatic N) is 2. The first-order valence-electron chi connectivity index (χ1n) is 4.73. The van der Waals surface area contributed by atoms with Crippen LogP contribution in [0.15, 0.2) is 0 Å². The van der Waals surface area contributed by atoms with Crippen LogP contribution in [-0.4, -0.2) is 49.2 Å². The van der Waals surface area contributed by atoms with Gasteiger partial charge in [0.2, 0.25) is 0 Å². The van der Waals surface area contributed by atoms with Crippen LogP contribution in [0.1, 0.15) is 19.8 Å². The molecule has 0 saturated carbocycles. The molecular formula is C9H18N2O2. The fourth-order valence-corrected chi connectivity index (χ4v) is 1.20. The third-order valence-corrected chi connectivity index (χ3v) is 2.38. The molecule has 4 heteroatoms. The lowest BCUT2D eigenvalue weighted by Gasteiger charge is -2.30. The predicted octanol–water partition coefficient (Wildman–Crippen LogP) is 0.490. The van der Waals surface area contributed by atoms with E-state index in [1.165, 1.54) is 5.06 Å². The van der Waals surface area contributed by atoms with E-state index in [9.17, 15) is 4.79 Å². The van der Waals surface area contributed by atoms with Crippen molar-refractivity contribution in [3.8, 4) is 0 Å². The largest absolute Gasteiger partial charge is 0.298 e. The number of amides is 1. The van der Waals surface area contributed by atoms with Crippen LogP contribution in [0.25, 0.3) is 0 Å². The maximum Gasteiger partial charge on any atom is 0.263 e. The summed E-state index contributed by atoms with van der Waals surface area (Å²) >= 11 is 0. The summed E-state index contributed by atoms with van der Waals surface area (Å²) in [4.78, 5) is 18.9. The average molecular weight is 186 g/mol. The maximum absolute atomic E-state index is 11.7. The van der Waals surface area contributed by atoms with Crippen molar-refractivity contribution in [2.75, 3.05) is 27.2 Å². The predicted molar refractivity (Wildman–Crippen MR) is 50.0 cm³/mol. The lowest BCUT2D eigenvalue weighted by Crippen LogP contribution is -2.46. The molecule has 1 atom stereocenters. The quantitative estimate of drug-likeness (QED) is 0.629. The third kappa shape index (κ3) is 2.67. The molecule has 4 nitrogen and oxygen atoms in total. The van der Waals surface area contributed by atoms with Gasteiger partial charge in [-0.2, -0.15) is 0 Å². The van der Waals surface area contributed by atoms with Gasteiger partial charge in [0, 0.05) is 6.54 Å². The molecule has 0 N–H and O–H groups in total. The number of likely N-dealkylation sites (N-methyl/N-ethyl adjacent to an activating group) is 1. The van der Waals surface area contributed by atoms with E-state index in [4.69, 9.17) is 4.84 Å². The summed E-state index contributed by atoms with van der Waals surface area (Å²) in [6, 6.07) is -0.0990. The van der Waals surface area contributed by atoms with Crippen molar-refractivity contribution in [1.82, 2.24) is 9.96 Å². The Hall–Kier alpha value is -0.610. The van der Waals surface area contributed by atoms with Gasteiger partial charge in [0.05, 0.1) is 12.6 Å². The monoisotopic (exact) mass is 186 g/mol. The van der Waals surface area contributed by atoms with Crippen molar-refractivity contribution in [2.45, 2.75) is 25.8 Å². The van der Waals surface area contributed by atoms with Gasteiger partial charge in [-0.3, -0.25) is 14.5 Å². The molecule has 1 saturated heterocycles. The molecule has 1 fully saturated rings. The fourth-order valence-electron chi connectivity index (χ4n) is 1.20. The molecule has 1 rings (SSSR count). The van der Waals surface area contributed by atoms with Crippen LogP contribution in [0, 0.1) is 0 Å². The second-order valence-corrected chi connectivity index (χ2v) is 3.62. The minimum atomic E-state index is -0.0990. The molecule has 0 aliphatic carbocycles. The van der Waals surface area contributed by atoms with E-state index in [2.05, 4.69) is 0 Å². The van der Waals surface area contributed by atoms with Crippen molar-refractivity contribution in [2.24, 2.45) is 0 Å². The van der Waals surface area contributed by atoms with E-state index in [1.807, 2.05) is 25.9 Å². The van der Waals surface area contributed by atoms with Crippen molar-refractivity contribution >= 4 is 5.91 Å². The molecule has 1 aliphatic rings. The molecule has 0 aromatic heterocycles. The lowest BCUT2D eigenvalue weighted by atomic mass is 10.2. The van der Waals surface area contributed by atoms with Crippen LogP contribution in [0.5, 0.6) is 0 Å². The molecule has 0 aromatic carbocycles. The molecule has 1 aliphatic heterocycles. The summed E-state index contributed by atoms with van der Waals surface area (Å²) < 4.78 is 0. The highest BCUT2D eigenvalue weighted by atomic mass is 16.7. The van der Waals surface area contributed by atoms with Gasteiger partial charge in [-0.05, 0) is 33.9 Å². The molecule has 0 aromatic rings. The minimum Gasteiger partial charge on any atom is -0.298 e. The Balaban J connectivity index is 2.45. The summed E-state index contributed by atoms with van der Waals surface area (Å²) in [5.74, 6) is 0.0599. The fraction of sp³-hybridized carbons (Fsp3) is 0.889. The molecule has 0 unspecified atom stereocenters. The SMILES string of the molecule is C[C@@H](C(=O)N1CCCCO1)N(C)C. The van der Waals surface area contributed by atoms with E-state index < -0.39 is 0 Å². The van der Waals surface area contributed by atoms with Crippen LogP contribution in [0.4, 0.5) is 0 Å². The van der Waals surface area contributed by atoms with Gasteiger partial charge >= 0.3 is 0 Å². The highest BCUT2D eigenvalue weighted by Gasteiger charge is 2.24. The zero-order valence-electron chi connectivity index (χ0n) is 8.62. The van der Waals surface area contributed by atoms with Crippen molar-refractivity contribution in [3.05, 3.63) is 0 Å². The second kappa shape index (κ2) is 4.58. The Labute approximate surface area is 79.4 Å². The topological polar surface area (TPSA) is 32.8 Å². The first kappa shape index (κ1) is 10.5. The summed E-state index contributed by atoms with van der Waals surface area (Å²) in [5.41, 5.74) is 0. The number of hydrogen-bond acceptors (Lipinski definition) is 3. The Morgan fingerprint density at radius 3 is 2.62 bits per heavy atom. The van der Waals surface area contributed by atoms with Crippen molar-refractivity contribution < 1.29 is 9.63 Å². The van der Waals surface area contributed by atoms with Crippen molar-refractivity contribution in [3.63, 3.8) is 0 Å². The van der Waals surface area contributed by atoms with E-state index in [-0.39, 0.29) is 11.9 Å². The van der Waals surface area contributed by atoms with Crippen LogP contribution in [0.2, 0.25) is 0 Å². The first-order valence-corrected chi connectivity index (χ1v) is 4.73. The molecule has 1 heterocycles.